The summed E-state index contributed by atoms with van der Waals surface area (Å²) in [4.78, 5) is 0. The Morgan fingerprint density at radius 2 is 2.23 bits per heavy atom. The molecule has 0 aliphatic heterocycles. The molecule has 0 atom stereocenters. The molecule has 2 nitrogen and oxygen atoms in total. The fourth-order valence-electron chi connectivity index (χ4n) is 1.30. The minimum absolute atomic E-state index is 0.114. The SMILES string of the molecule is Cc1ccc2c(C#N)c(O)sc2c1. The normalized spacial score (nSPS) is 10.2. The molecule has 0 aliphatic carbocycles. The lowest BCUT2D eigenvalue weighted by molar-refractivity contribution is 0.490. The summed E-state index contributed by atoms with van der Waals surface area (Å²) in [7, 11) is 0. The van der Waals surface area contributed by atoms with Gasteiger partial charge in [0.25, 0.3) is 0 Å². The summed E-state index contributed by atoms with van der Waals surface area (Å²) in [6, 6.07) is 7.79. The Bertz CT molecular complexity index is 507. The van der Waals surface area contributed by atoms with Crippen molar-refractivity contribution in [1.29, 1.82) is 5.26 Å². The van der Waals surface area contributed by atoms with Gasteiger partial charge in [0, 0.05) is 10.1 Å². The summed E-state index contributed by atoms with van der Waals surface area (Å²) in [6.45, 7) is 1.99. The van der Waals surface area contributed by atoms with Crippen LogP contribution in [-0.4, -0.2) is 5.11 Å². The molecule has 2 rings (SSSR count). The van der Waals surface area contributed by atoms with Crippen LogP contribution in [0.2, 0.25) is 0 Å². The molecule has 0 saturated carbocycles. The van der Waals surface area contributed by atoms with Crippen molar-refractivity contribution >= 4 is 21.4 Å². The maximum Gasteiger partial charge on any atom is 0.190 e. The van der Waals surface area contributed by atoms with Crippen molar-refractivity contribution in [2.75, 3.05) is 0 Å². The molecular formula is C10H7NOS. The molecule has 3 heteroatoms. The van der Waals surface area contributed by atoms with Crippen molar-refractivity contribution < 1.29 is 5.11 Å². The van der Waals surface area contributed by atoms with Crippen LogP contribution in [0.4, 0.5) is 0 Å². The monoisotopic (exact) mass is 189 g/mol. The van der Waals surface area contributed by atoms with Gasteiger partial charge in [-0.2, -0.15) is 5.26 Å². The Balaban J connectivity index is 2.88. The fourth-order valence-corrected chi connectivity index (χ4v) is 2.29. The van der Waals surface area contributed by atoms with Crippen LogP contribution in [-0.2, 0) is 0 Å². The largest absolute Gasteiger partial charge is 0.499 e. The minimum Gasteiger partial charge on any atom is -0.499 e. The molecule has 0 aliphatic rings. The molecule has 13 heavy (non-hydrogen) atoms. The van der Waals surface area contributed by atoms with Crippen molar-refractivity contribution in [2.24, 2.45) is 0 Å². The molecule has 0 spiro atoms. The van der Waals surface area contributed by atoms with Crippen molar-refractivity contribution in [2.45, 2.75) is 6.92 Å². The number of nitrogens with zero attached hydrogens (tertiary/aromatic N) is 1. The van der Waals surface area contributed by atoms with E-state index in [1.807, 2.05) is 31.2 Å². The van der Waals surface area contributed by atoms with E-state index in [1.165, 1.54) is 11.3 Å². The van der Waals surface area contributed by atoms with E-state index in [1.54, 1.807) is 0 Å². The molecule has 2 aromatic rings. The first-order chi connectivity index (χ1) is 6.22. The molecule has 0 unspecified atom stereocenters. The second kappa shape index (κ2) is 2.75. The van der Waals surface area contributed by atoms with Crippen molar-refractivity contribution in [1.82, 2.24) is 0 Å². The first-order valence-corrected chi connectivity index (χ1v) is 4.66. The van der Waals surface area contributed by atoms with Crippen LogP contribution in [0.25, 0.3) is 10.1 Å². The van der Waals surface area contributed by atoms with E-state index in [4.69, 9.17) is 5.26 Å². The molecule has 64 valence electrons. The van der Waals surface area contributed by atoms with Crippen LogP contribution in [0.3, 0.4) is 0 Å². The lowest BCUT2D eigenvalue weighted by Gasteiger charge is -1.91. The Morgan fingerprint density at radius 1 is 1.46 bits per heavy atom. The standard InChI is InChI=1S/C10H7NOS/c1-6-2-3-7-8(5-11)10(12)13-9(7)4-6/h2-4,12H,1H3. The summed E-state index contributed by atoms with van der Waals surface area (Å²) in [5.74, 6) is 0. The third-order valence-electron chi connectivity index (χ3n) is 1.94. The molecule has 1 heterocycles. The maximum absolute atomic E-state index is 9.42. The number of aromatic hydroxyl groups is 1. The highest BCUT2D eigenvalue weighted by molar-refractivity contribution is 7.21. The Hall–Kier alpha value is -1.53. The van der Waals surface area contributed by atoms with Crippen molar-refractivity contribution in [3.05, 3.63) is 29.3 Å². The number of hydrogen-bond donors (Lipinski definition) is 1. The highest BCUT2D eigenvalue weighted by Crippen LogP contribution is 2.36. The van der Waals surface area contributed by atoms with E-state index in [0.29, 0.717) is 5.56 Å². The average Bonchev–Trinajstić information content (AvgIpc) is 2.39. The summed E-state index contributed by atoms with van der Waals surface area (Å²) in [5.41, 5.74) is 1.53. The quantitative estimate of drug-likeness (QED) is 0.692. The van der Waals surface area contributed by atoms with Gasteiger partial charge in [-0.05, 0) is 18.6 Å². The zero-order chi connectivity index (χ0) is 9.42. The van der Waals surface area contributed by atoms with Gasteiger partial charge in [0.05, 0.1) is 0 Å². The molecule has 1 aromatic carbocycles. The predicted molar refractivity (Wildman–Crippen MR) is 52.9 cm³/mol. The number of aryl methyl sites for hydroxylation is 1. The second-order valence-electron chi connectivity index (χ2n) is 2.89. The number of fused-ring (bicyclic) bond motifs is 1. The molecule has 0 saturated heterocycles. The number of rotatable bonds is 0. The molecule has 0 bridgehead atoms. The van der Waals surface area contributed by atoms with Crippen molar-refractivity contribution in [3.63, 3.8) is 0 Å². The lowest BCUT2D eigenvalue weighted by Crippen LogP contribution is -1.72. The van der Waals surface area contributed by atoms with Crippen LogP contribution < -0.4 is 0 Å². The minimum atomic E-state index is 0.114. The van der Waals surface area contributed by atoms with Gasteiger partial charge in [0.1, 0.15) is 11.6 Å². The highest BCUT2D eigenvalue weighted by Gasteiger charge is 2.09. The van der Waals surface area contributed by atoms with Gasteiger partial charge in [0.15, 0.2) is 5.06 Å². The molecule has 0 radical (unpaired) electrons. The van der Waals surface area contributed by atoms with Crippen LogP contribution in [0.1, 0.15) is 11.1 Å². The summed E-state index contributed by atoms with van der Waals surface area (Å²) in [5, 5.41) is 19.1. The van der Waals surface area contributed by atoms with E-state index in [-0.39, 0.29) is 5.06 Å². The zero-order valence-electron chi connectivity index (χ0n) is 7.03. The van der Waals surface area contributed by atoms with Gasteiger partial charge in [-0.25, -0.2) is 0 Å². The van der Waals surface area contributed by atoms with Gasteiger partial charge >= 0.3 is 0 Å². The van der Waals surface area contributed by atoms with Gasteiger partial charge in [-0.1, -0.05) is 23.5 Å². The summed E-state index contributed by atoms with van der Waals surface area (Å²) >= 11 is 1.25. The Morgan fingerprint density at radius 3 is 2.92 bits per heavy atom. The van der Waals surface area contributed by atoms with Crippen LogP contribution in [0, 0.1) is 18.3 Å². The summed E-state index contributed by atoms with van der Waals surface area (Å²) in [6.07, 6.45) is 0. The molecule has 0 amide bonds. The third-order valence-corrected chi connectivity index (χ3v) is 2.89. The molecule has 1 aromatic heterocycles. The lowest BCUT2D eigenvalue weighted by atomic mass is 10.1. The van der Waals surface area contributed by atoms with E-state index >= 15 is 0 Å². The smallest absolute Gasteiger partial charge is 0.190 e. The highest BCUT2D eigenvalue weighted by atomic mass is 32.1. The first kappa shape index (κ1) is 8.09. The van der Waals surface area contributed by atoms with Gasteiger partial charge in [0.2, 0.25) is 0 Å². The molecule has 1 N–H and O–H groups in total. The zero-order valence-corrected chi connectivity index (χ0v) is 7.85. The summed E-state index contributed by atoms with van der Waals surface area (Å²) < 4.78 is 0.967. The molecule has 0 fully saturated rings. The van der Waals surface area contributed by atoms with Gasteiger partial charge < -0.3 is 5.11 Å². The first-order valence-electron chi connectivity index (χ1n) is 3.84. The van der Waals surface area contributed by atoms with E-state index in [0.717, 1.165) is 15.6 Å². The van der Waals surface area contributed by atoms with Crippen molar-refractivity contribution in [3.8, 4) is 11.1 Å². The maximum atomic E-state index is 9.42. The topological polar surface area (TPSA) is 44.0 Å². The number of hydrogen-bond acceptors (Lipinski definition) is 3. The fraction of sp³-hybridized carbons (Fsp3) is 0.100. The Labute approximate surface area is 79.7 Å². The number of thiophene rings is 1. The van der Waals surface area contributed by atoms with Crippen LogP contribution in [0.15, 0.2) is 18.2 Å². The predicted octanol–water partition coefficient (Wildman–Crippen LogP) is 2.79. The van der Waals surface area contributed by atoms with Gasteiger partial charge in [-0.3, -0.25) is 0 Å². The third kappa shape index (κ3) is 1.16. The molecular weight excluding hydrogens is 182 g/mol. The average molecular weight is 189 g/mol. The second-order valence-corrected chi connectivity index (χ2v) is 3.92. The Kier molecular flexibility index (Phi) is 1.71. The van der Waals surface area contributed by atoms with E-state index in [2.05, 4.69) is 0 Å². The van der Waals surface area contributed by atoms with Gasteiger partial charge in [-0.15, -0.1) is 0 Å². The van der Waals surface area contributed by atoms with Crippen LogP contribution in [0.5, 0.6) is 5.06 Å². The number of benzene rings is 1. The number of nitriles is 1. The van der Waals surface area contributed by atoms with E-state index < -0.39 is 0 Å². The van der Waals surface area contributed by atoms with Crippen LogP contribution >= 0.6 is 11.3 Å². The van der Waals surface area contributed by atoms with E-state index in [9.17, 15) is 5.11 Å².